The quantitative estimate of drug-likeness (QED) is 0.236. The standard InChI is InChI=1S/C21H25N2.C7H7N.CH3.ClH.Rh/c1-14-9-16(3)20(17(4)10-14)22-7-8-23(13-22)21-18(5)11-15(2)12-19(21)6;1-2-7-5-3-4-6-8-7;;;/h7-13H,1-6H3;2-6H,1H2;1H3;1H;/q-1;;-1;;+3/p-1. The second kappa shape index (κ2) is 14.1. The van der Waals surface area contributed by atoms with E-state index in [1.165, 1.54) is 44.8 Å². The molecule has 34 heavy (non-hydrogen) atoms. The average Bonchev–Trinajstić information content (AvgIpc) is 3.23. The maximum atomic E-state index is 4.53. The summed E-state index contributed by atoms with van der Waals surface area (Å²) in [6, 6.07) is 14.7. The Labute approximate surface area is 220 Å². The second-order valence-corrected chi connectivity index (χ2v) is 8.18. The van der Waals surface area contributed by atoms with Gasteiger partial charge in [0, 0.05) is 17.6 Å². The summed E-state index contributed by atoms with van der Waals surface area (Å²) in [6.07, 6.45) is 7.75. The van der Waals surface area contributed by atoms with Crippen LogP contribution in [0.5, 0.6) is 0 Å². The van der Waals surface area contributed by atoms with Gasteiger partial charge in [-0.25, -0.2) is 0 Å². The molecule has 0 fully saturated rings. The van der Waals surface area contributed by atoms with Gasteiger partial charge in [0.05, 0.1) is 5.69 Å². The van der Waals surface area contributed by atoms with Crippen molar-refractivity contribution < 1.29 is 17.3 Å². The first-order chi connectivity index (χ1) is 15.8. The molecule has 2 aromatic carbocycles. The molecule has 0 N–H and O–H groups in total. The van der Waals surface area contributed by atoms with Crippen LogP contribution in [0.3, 0.4) is 0 Å². The fraction of sp³-hybridized carbons (Fsp3) is 0.207. The van der Waals surface area contributed by atoms with Crippen LogP contribution in [-0.4, -0.2) is 4.98 Å². The fourth-order valence-corrected chi connectivity index (χ4v) is 4.28. The zero-order chi connectivity index (χ0) is 24.5. The normalized spacial score (nSPS) is 11.6. The maximum absolute atomic E-state index is 4.53. The molecule has 0 aliphatic carbocycles. The van der Waals surface area contributed by atoms with Crippen molar-refractivity contribution in [3.63, 3.8) is 0 Å². The Kier molecular flexibility index (Phi) is 12.3. The van der Waals surface area contributed by atoms with Gasteiger partial charge in [0.1, 0.15) is 0 Å². The molecule has 5 heteroatoms. The summed E-state index contributed by atoms with van der Waals surface area (Å²) in [4.78, 5) is 8.43. The van der Waals surface area contributed by atoms with Crippen LogP contribution >= 0.6 is 9.69 Å². The van der Waals surface area contributed by atoms with E-state index < -0.39 is 0 Å². The third kappa shape index (κ3) is 7.55. The summed E-state index contributed by atoms with van der Waals surface area (Å²) < 4.78 is 0. The molecule has 182 valence electrons. The second-order valence-electron chi connectivity index (χ2n) is 8.18. The van der Waals surface area contributed by atoms with Crippen LogP contribution in [0.2, 0.25) is 0 Å². The number of rotatable bonds is 3. The minimum absolute atomic E-state index is 0. The molecule has 0 atom stereocenters. The van der Waals surface area contributed by atoms with Gasteiger partial charge in [-0.1, -0.05) is 48.0 Å². The molecule has 0 spiro atoms. The number of nitrogens with zero attached hydrogens (tertiary/aromatic N) is 3. The number of hydrogen-bond acceptors (Lipinski definition) is 3. The number of aryl methyl sites for hydroxylation is 6. The van der Waals surface area contributed by atoms with Gasteiger partial charge in [0.15, 0.2) is 0 Å². The van der Waals surface area contributed by atoms with Gasteiger partial charge in [0.25, 0.3) is 0 Å². The van der Waals surface area contributed by atoms with E-state index in [1.54, 1.807) is 12.3 Å². The summed E-state index contributed by atoms with van der Waals surface area (Å²) in [6.45, 7) is 18.8. The number of hydrogen-bond donors (Lipinski definition) is 0. The molecule has 3 aromatic rings. The van der Waals surface area contributed by atoms with Crippen molar-refractivity contribution in [3.05, 3.63) is 121 Å². The van der Waals surface area contributed by atoms with Gasteiger partial charge in [-0.15, -0.1) is 6.67 Å². The van der Waals surface area contributed by atoms with Crippen LogP contribution in [-0.2, 0) is 17.3 Å². The van der Waals surface area contributed by atoms with Gasteiger partial charge in [-0.3, -0.25) is 4.98 Å². The molecule has 4 rings (SSSR count). The van der Waals surface area contributed by atoms with Gasteiger partial charge in [-0.05, 0) is 94.4 Å². The Morgan fingerprint density at radius 1 is 0.794 bits per heavy atom. The zero-order valence-corrected chi connectivity index (χ0v) is 23.6. The third-order valence-electron chi connectivity index (χ3n) is 5.32. The molecule has 0 radical (unpaired) electrons. The van der Waals surface area contributed by atoms with E-state index in [0.29, 0.717) is 0 Å². The van der Waals surface area contributed by atoms with E-state index in [2.05, 4.69) is 116 Å². The van der Waals surface area contributed by atoms with Crippen molar-refractivity contribution in [3.8, 4) is 0 Å². The summed E-state index contributed by atoms with van der Waals surface area (Å²) in [5.41, 5.74) is 11.3. The number of pyridine rings is 1. The van der Waals surface area contributed by atoms with Crippen molar-refractivity contribution in [1.29, 1.82) is 0 Å². The Hall–Kier alpha value is -2.42. The van der Waals surface area contributed by atoms with Crippen LogP contribution in [0.15, 0.2) is 67.6 Å². The first-order valence-corrected chi connectivity index (χ1v) is 12.8. The van der Waals surface area contributed by atoms with E-state index in [1.807, 2.05) is 35.5 Å². The molecule has 1 aliphatic heterocycles. The van der Waals surface area contributed by atoms with Crippen LogP contribution in [0, 0.1) is 55.6 Å². The minimum atomic E-state index is 0. The number of anilines is 2. The summed E-state index contributed by atoms with van der Waals surface area (Å²) >= 11 is 2.02. The van der Waals surface area contributed by atoms with Crippen LogP contribution < -0.4 is 9.80 Å². The zero-order valence-electron chi connectivity index (χ0n) is 21.2. The molecule has 3 nitrogen and oxygen atoms in total. The molecule has 0 saturated carbocycles. The Morgan fingerprint density at radius 2 is 1.21 bits per heavy atom. The summed E-state index contributed by atoms with van der Waals surface area (Å²) in [7, 11) is 4.53. The third-order valence-corrected chi connectivity index (χ3v) is 5.32. The fourth-order valence-electron chi connectivity index (χ4n) is 4.28. The summed E-state index contributed by atoms with van der Waals surface area (Å²) in [5, 5.41) is 0. The topological polar surface area (TPSA) is 19.4 Å². The van der Waals surface area contributed by atoms with Gasteiger partial charge in [0.2, 0.25) is 0 Å². The Morgan fingerprint density at radius 3 is 1.50 bits per heavy atom. The Bertz CT molecular complexity index is 998. The van der Waals surface area contributed by atoms with Gasteiger partial charge >= 0.3 is 27.0 Å². The first-order valence-electron chi connectivity index (χ1n) is 10.7. The molecule has 0 saturated heterocycles. The molecule has 2 heterocycles. The van der Waals surface area contributed by atoms with E-state index in [-0.39, 0.29) is 7.43 Å². The molecular weight excluding hydrogens is 529 g/mol. The molecule has 1 aliphatic rings. The number of aromatic nitrogens is 1. The number of benzene rings is 2. The Balaban J connectivity index is 0.000000444. The van der Waals surface area contributed by atoms with Crippen molar-refractivity contribution in [1.82, 2.24) is 4.98 Å². The predicted molar refractivity (Wildman–Crippen MR) is 146 cm³/mol. The number of halogens is 1. The van der Waals surface area contributed by atoms with Crippen LogP contribution in [0.4, 0.5) is 11.4 Å². The van der Waals surface area contributed by atoms with E-state index in [0.717, 1.165) is 5.69 Å². The van der Waals surface area contributed by atoms with Crippen molar-refractivity contribution in [2.75, 3.05) is 9.80 Å². The van der Waals surface area contributed by atoms with Gasteiger partial charge in [-0.2, -0.15) is 0 Å². The van der Waals surface area contributed by atoms with Crippen molar-refractivity contribution in [2.24, 2.45) is 0 Å². The molecule has 1 aromatic heterocycles. The monoisotopic (exact) mass is 563 g/mol. The molecule has 0 unspecified atom stereocenters. The van der Waals surface area contributed by atoms with E-state index in [9.17, 15) is 0 Å². The van der Waals surface area contributed by atoms with E-state index >= 15 is 0 Å². The molecule has 0 bridgehead atoms. The van der Waals surface area contributed by atoms with Crippen molar-refractivity contribution >= 4 is 27.1 Å². The average molecular weight is 564 g/mol. The SMILES string of the molecule is C=Cc1ccccn1.Cc1cc(C)c(N2C=CN(c3c(C)cc(C)cc3C)[CH-]2)c(C)c1.[CH3-].[Cl][Rh+2]. The van der Waals surface area contributed by atoms with E-state index in [4.69, 9.17) is 0 Å². The molecular formula is C29H35ClN3Rh. The predicted octanol–water partition coefficient (Wildman–Crippen LogP) is 8.32. The summed E-state index contributed by atoms with van der Waals surface area (Å²) in [5.74, 6) is 0. The van der Waals surface area contributed by atoms with Crippen LogP contribution in [0.1, 0.15) is 39.1 Å². The first kappa shape index (κ1) is 29.6. The molecule has 0 amide bonds. The van der Waals surface area contributed by atoms with Crippen LogP contribution in [0.25, 0.3) is 6.08 Å². The van der Waals surface area contributed by atoms with Gasteiger partial charge < -0.3 is 17.2 Å². The van der Waals surface area contributed by atoms with Crippen molar-refractivity contribution in [2.45, 2.75) is 41.5 Å².